The molecule has 0 N–H and O–H groups in total. The zero-order valence-electron chi connectivity index (χ0n) is 13.8. The van der Waals surface area contributed by atoms with E-state index in [4.69, 9.17) is 20.2 Å². The van der Waals surface area contributed by atoms with Crippen molar-refractivity contribution in [2.45, 2.75) is 13.8 Å². The Morgan fingerprint density at radius 2 is 1.64 bits per heavy atom. The van der Waals surface area contributed by atoms with Gasteiger partial charge in [0.25, 0.3) is 0 Å². The van der Waals surface area contributed by atoms with E-state index in [-0.39, 0.29) is 16.9 Å². The average Bonchev–Trinajstić information content (AvgIpc) is 2.52. The molecule has 0 aliphatic rings. The molecule has 3 rings (SSSR count). The monoisotopic (exact) mass is 378 g/mol. The number of halogens is 1. The van der Waals surface area contributed by atoms with Crippen molar-refractivity contribution in [2.24, 2.45) is 0 Å². The van der Waals surface area contributed by atoms with Gasteiger partial charge < -0.3 is 8.60 Å². The van der Waals surface area contributed by atoms with Crippen LogP contribution in [0.3, 0.4) is 0 Å². The number of aryl methyl sites for hydroxylation is 2. The molecule has 3 aromatic rings. The molecule has 7 heteroatoms. The number of hydrogen-bond donors (Lipinski definition) is 0. The van der Waals surface area contributed by atoms with Crippen LogP contribution < -0.4 is 9.61 Å². The van der Waals surface area contributed by atoms with Crippen LogP contribution in [0.15, 0.2) is 45.6 Å². The lowest BCUT2D eigenvalue weighted by atomic mass is 10.1. The van der Waals surface area contributed by atoms with Crippen molar-refractivity contribution >= 4 is 32.7 Å². The highest BCUT2D eigenvalue weighted by molar-refractivity contribution is 7.86. The third-order valence-corrected chi connectivity index (χ3v) is 4.53. The zero-order chi connectivity index (χ0) is 18.4. The van der Waals surface area contributed by atoms with Crippen LogP contribution in [0.4, 0.5) is 0 Å². The summed E-state index contributed by atoms with van der Waals surface area (Å²) in [6, 6.07) is 9.90. The van der Waals surface area contributed by atoms with E-state index in [1.165, 1.54) is 0 Å². The molecule has 0 radical (unpaired) electrons. The maximum Gasteiger partial charge on any atom is 0.306 e. The highest BCUT2D eigenvalue weighted by atomic mass is 35.5. The number of fused-ring (bicyclic) bond motifs is 1. The number of benzene rings is 2. The second-order valence-corrected chi connectivity index (χ2v) is 7.83. The first-order chi connectivity index (χ1) is 11.7. The van der Waals surface area contributed by atoms with Crippen LogP contribution in [-0.2, 0) is 10.1 Å². The molecule has 0 spiro atoms. The van der Waals surface area contributed by atoms with Gasteiger partial charge in [-0.25, -0.2) is 0 Å². The van der Waals surface area contributed by atoms with Gasteiger partial charge in [-0.3, -0.25) is 4.79 Å². The third-order valence-electron chi connectivity index (χ3n) is 3.81. The Morgan fingerprint density at radius 1 is 1.04 bits per heavy atom. The van der Waals surface area contributed by atoms with Crippen LogP contribution in [-0.4, -0.2) is 14.7 Å². The molecule has 0 saturated carbocycles. The van der Waals surface area contributed by atoms with Gasteiger partial charge in [0.2, 0.25) is 11.2 Å². The average molecular weight is 379 g/mol. The molecule has 0 saturated heterocycles. The molecule has 2 aromatic carbocycles. The van der Waals surface area contributed by atoms with Crippen LogP contribution in [0.1, 0.15) is 11.1 Å². The molecule has 0 fully saturated rings. The summed E-state index contributed by atoms with van der Waals surface area (Å²) >= 11 is 5.89. The summed E-state index contributed by atoms with van der Waals surface area (Å²) in [7, 11) is -3.91. The summed E-state index contributed by atoms with van der Waals surface area (Å²) in [5.41, 5.74) is 2.15. The first kappa shape index (κ1) is 17.5. The van der Waals surface area contributed by atoms with E-state index in [0.717, 1.165) is 17.4 Å². The minimum Gasteiger partial charge on any atom is -0.452 e. The van der Waals surface area contributed by atoms with E-state index < -0.39 is 15.5 Å². The zero-order valence-corrected chi connectivity index (χ0v) is 15.4. The van der Waals surface area contributed by atoms with Gasteiger partial charge in [0.1, 0.15) is 5.58 Å². The molecule has 0 aliphatic heterocycles. The molecule has 25 heavy (non-hydrogen) atoms. The Kier molecular flexibility index (Phi) is 4.34. The molecular weight excluding hydrogens is 364 g/mol. The van der Waals surface area contributed by atoms with Crippen molar-refractivity contribution in [1.29, 1.82) is 0 Å². The van der Waals surface area contributed by atoms with Crippen molar-refractivity contribution in [3.05, 3.63) is 62.8 Å². The van der Waals surface area contributed by atoms with Crippen LogP contribution in [0.2, 0.25) is 5.02 Å². The molecule has 0 aliphatic carbocycles. The minimum atomic E-state index is -3.91. The first-order valence-electron chi connectivity index (χ1n) is 7.39. The number of hydrogen-bond acceptors (Lipinski definition) is 5. The van der Waals surface area contributed by atoms with Crippen molar-refractivity contribution in [3.63, 3.8) is 0 Å². The fraction of sp³-hybridized carbons (Fsp3) is 0.167. The predicted octanol–water partition coefficient (Wildman–Crippen LogP) is 4.07. The largest absolute Gasteiger partial charge is 0.452 e. The van der Waals surface area contributed by atoms with Crippen molar-refractivity contribution in [2.75, 3.05) is 6.26 Å². The topological polar surface area (TPSA) is 73.6 Å². The summed E-state index contributed by atoms with van der Waals surface area (Å²) in [5.74, 6) is -0.316. The third kappa shape index (κ3) is 3.55. The molecule has 1 aromatic heterocycles. The second kappa shape index (κ2) is 6.20. The quantitative estimate of drug-likeness (QED) is 0.642. The second-order valence-electron chi connectivity index (χ2n) is 5.82. The summed E-state index contributed by atoms with van der Waals surface area (Å²) in [6.45, 7) is 3.76. The fourth-order valence-electron chi connectivity index (χ4n) is 2.45. The lowest BCUT2D eigenvalue weighted by Gasteiger charge is -2.11. The van der Waals surface area contributed by atoms with E-state index in [1.54, 1.807) is 36.4 Å². The summed E-state index contributed by atoms with van der Waals surface area (Å²) in [4.78, 5) is 12.9. The molecule has 1 heterocycles. The fourth-order valence-corrected chi connectivity index (χ4v) is 3.03. The molecule has 0 unspecified atom stereocenters. The SMILES string of the molecule is Cc1cc2oc(-c3ccc(Cl)cc3)c(OS(C)(=O)=O)c(=O)c2cc1C. The molecule has 0 amide bonds. The maximum atomic E-state index is 12.9. The standard InChI is InChI=1S/C18H15ClO5S/c1-10-8-14-15(9-11(10)2)23-17(12-4-6-13(19)7-5-12)18(16(14)20)24-25(3,21)22/h4-9H,1-3H3. The Balaban J connectivity index is 2.40. The van der Waals surface area contributed by atoms with Gasteiger partial charge in [-0.2, -0.15) is 8.42 Å². The van der Waals surface area contributed by atoms with Gasteiger partial charge in [-0.1, -0.05) is 11.6 Å². The van der Waals surface area contributed by atoms with E-state index in [2.05, 4.69) is 0 Å². The molecule has 130 valence electrons. The highest BCUT2D eigenvalue weighted by Crippen LogP contribution is 2.33. The predicted molar refractivity (Wildman–Crippen MR) is 97.9 cm³/mol. The minimum absolute atomic E-state index is 0.0443. The first-order valence-corrected chi connectivity index (χ1v) is 9.58. The smallest absolute Gasteiger partial charge is 0.306 e. The van der Waals surface area contributed by atoms with Crippen molar-refractivity contribution in [3.8, 4) is 17.1 Å². The Labute approximate surface area is 149 Å². The highest BCUT2D eigenvalue weighted by Gasteiger charge is 2.21. The van der Waals surface area contributed by atoms with Gasteiger partial charge in [0.05, 0.1) is 11.6 Å². The van der Waals surface area contributed by atoms with E-state index >= 15 is 0 Å². The Bertz CT molecular complexity index is 1130. The van der Waals surface area contributed by atoms with Crippen LogP contribution in [0, 0.1) is 13.8 Å². The normalized spacial score (nSPS) is 11.7. The van der Waals surface area contributed by atoms with E-state index in [0.29, 0.717) is 16.2 Å². The lowest BCUT2D eigenvalue weighted by Crippen LogP contribution is -2.15. The summed E-state index contributed by atoms with van der Waals surface area (Å²) in [5, 5.41) is 0.767. The summed E-state index contributed by atoms with van der Waals surface area (Å²) in [6.07, 6.45) is 0.878. The van der Waals surface area contributed by atoms with Crippen LogP contribution >= 0.6 is 11.6 Å². The van der Waals surface area contributed by atoms with Gasteiger partial charge in [-0.15, -0.1) is 0 Å². The van der Waals surface area contributed by atoms with E-state index in [9.17, 15) is 13.2 Å². The van der Waals surface area contributed by atoms with E-state index in [1.807, 2.05) is 13.8 Å². The van der Waals surface area contributed by atoms with Crippen molar-refractivity contribution < 1.29 is 17.0 Å². The Morgan fingerprint density at radius 3 is 2.24 bits per heavy atom. The molecule has 0 bridgehead atoms. The molecular formula is C18H15ClO5S. The van der Waals surface area contributed by atoms with Crippen LogP contribution in [0.25, 0.3) is 22.3 Å². The van der Waals surface area contributed by atoms with Gasteiger partial charge >= 0.3 is 10.1 Å². The van der Waals surface area contributed by atoms with Crippen LogP contribution in [0.5, 0.6) is 5.75 Å². The maximum absolute atomic E-state index is 12.9. The van der Waals surface area contributed by atoms with Gasteiger partial charge in [0.15, 0.2) is 5.76 Å². The lowest BCUT2D eigenvalue weighted by molar-refractivity contribution is 0.477. The Hall–Kier alpha value is -2.31. The summed E-state index contributed by atoms with van der Waals surface area (Å²) < 4.78 is 34.1. The van der Waals surface area contributed by atoms with Crippen molar-refractivity contribution in [1.82, 2.24) is 0 Å². The molecule has 5 nitrogen and oxygen atoms in total. The molecule has 0 atom stereocenters. The van der Waals surface area contributed by atoms with Gasteiger partial charge in [0, 0.05) is 10.6 Å². The number of rotatable bonds is 3. The van der Waals surface area contributed by atoms with Gasteiger partial charge in [-0.05, 0) is 61.4 Å².